The summed E-state index contributed by atoms with van der Waals surface area (Å²) in [7, 11) is 0. The number of morpholine rings is 1. The topological polar surface area (TPSA) is 79.3 Å². The molecule has 0 bridgehead atoms. The van der Waals surface area contributed by atoms with Crippen LogP contribution in [0.5, 0.6) is 5.75 Å². The lowest BCUT2D eigenvalue weighted by Crippen LogP contribution is -2.42. The standard InChI is InChI=1S/C26H28ClFN2O5/c1-16(2)35-21-8-5-18(15-20(21)28)24(31)22-23(17-3-6-19(27)7-4-17)30(26(33)25(22)32)10-9-29-11-13-34-14-12-29/h3-8,15-16,23,31H,9-14H2,1-2H3/t23-/m1/s1. The molecule has 0 radical (unpaired) electrons. The van der Waals surface area contributed by atoms with Crippen molar-refractivity contribution in [2.24, 2.45) is 0 Å². The molecule has 35 heavy (non-hydrogen) atoms. The van der Waals surface area contributed by atoms with Crippen LogP contribution in [0.25, 0.3) is 5.76 Å². The van der Waals surface area contributed by atoms with Gasteiger partial charge in [-0.05, 0) is 49.7 Å². The number of hydrogen-bond acceptors (Lipinski definition) is 6. The van der Waals surface area contributed by atoms with Crippen molar-refractivity contribution < 1.29 is 28.6 Å². The van der Waals surface area contributed by atoms with Gasteiger partial charge in [-0.3, -0.25) is 14.5 Å². The molecule has 2 aliphatic heterocycles. The van der Waals surface area contributed by atoms with E-state index in [1.807, 2.05) is 0 Å². The highest BCUT2D eigenvalue weighted by Crippen LogP contribution is 2.40. The van der Waals surface area contributed by atoms with E-state index in [-0.39, 0.29) is 29.5 Å². The largest absolute Gasteiger partial charge is 0.507 e. The van der Waals surface area contributed by atoms with Crippen molar-refractivity contribution in [1.29, 1.82) is 0 Å². The van der Waals surface area contributed by atoms with Crippen molar-refractivity contribution >= 4 is 29.1 Å². The second kappa shape index (κ2) is 10.8. The fourth-order valence-corrected chi connectivity index (χ4v) is 4.46. The Bertz CT molecular complexity index is 1130. The fraction of sp³-hybridized carbons (Fsp3) is 0.385. The molecular formula is C26H28ClFN2O5. The molecular weight excluding hydrogens is 475 g/mol. The quantitative estimate of drug-likeness (QED) is 0.350. The highest BCUT2D eigenvalue weighted by molar-refractivity contribution is 6.46. The van der Waals surface area contributed by atoms with Crippen LogP contribution in [0.1, 0.15) is 31.0 Å². The molecule has 4 rings (SSSR count). The number of aliphatic hydroxyl groups excluding tert-OH is 1. The van der Waals surface area contributed by atoms with Gasteiger partial charge in [0.25, 0.3) is 11.7 Å². The van der Waals surface area contributed by atoms with Crippen LogP contribution in [-0.2, 0) is 14.3 Å². The number of halogens is 2. The van der Waals surface area contributed by atoms with E-state index in [4.69, 9.17) is 21.1 Å². The summed E-state index contributed by atoms with van der Waals surface area (Å²) in [6.07, 6.45) is -0.231. The summed E-state index contributed by atoms with van der Waals surface area (Å²) in [6.45, 7) is 7.08. The van der Waals surface area contributed by atoms with E-state index in [1.54, 1.807) is 38.1 Å². The molecule has 7 nitrogen and oxygen atoms in total. The third-order valence-electron chi connectivity index (χ3n) is 6.05. The summed E-state index contributed by atoms with van der Waals surface area (Å²) in [5.74, 6) is -2.59. The first-order valence-corrected chi connectivity index (χ1v) is 11.9. The molecule has 2 aliphatic rings. The average molecular weight is 503 g/mol. The zero-order valence-corrected chi connectivity index (χ0v) is 20.4. The summed E-state index contributed by atoms with van der Waals surface area (Å²) in [5, 5.41) is 11.6. The minimum absolute atomic E-state index is 0.0387. The van der Waals surface area contributed by atoms with Gasteiger partial charge in [-0.15, -0.1) is 0 Å². The number of likely N-dealkylation sites (tertiary alicyclic amines) is 1. The van der Waals surface area contributed by atoms with Crippen LogP contribution in [0.3, 0.4) is 0 Å². The molecule has 0 saturated carbocycles. The Labute approximate surface area is 208 Å². The van der Waals surface area contributed by atoms with Crippen molar-refractivity contribution in [2.45, 2.75) is 26.0 Å². The lowest BCUT2D eigenvalue weighted by molar-refractivity contribution is -0.140. The summed E-state index contributed by atoms with van der Waals surface area (Å²) in [5.41, 5.74) is 0.623. The molecule has 1 amide bonds. The van der Waals surface area contributed by atoms with Crippen molar-refractivity contribution in [3.8, 4) is 5.75 Å². The molecule has 2 aromatic rings. The van der Waals surface area contributed by atoms with Crippen LogP contribution in [0.4, 0.5) is 4.39 Å². The second-order valence-electron chi connectivity index (χ2n) is 8.81. The zero-order valence-electron chi connectivity index (χ0n) is 19.7. The molecule has 2 heterocycles. The van der Waals surface area contributed by atoms with Gasteiger partial charge in [0, 0.05) is 36.8 Å². The number of ether oxygens (including phenoxy) is 2. The Morgan fingerprint density at radius 1 is 1.14 bits per heavy atom. The Hall–Kier alpha value is -2.94. The highest BCUT2D eigenvalue weighted by atomic mass is 35.5. The third kappa shape index (κ3) is 5.50. The number of ketones is 1. The first-order chi connectivity index (χ1) is 16.8. The first-order valence-electron chi connectivity index (χ1n) is 11.6. The van der Waals surface area contributed by atoms with Gasteiger partial charge in [-0.1, -0.05) is 23.7 Å². The average Bonchev–Trinajstić information content (AvgIpc) is 3.09. The number of nitrogens with zero attached hydrogens (tertiary/aromatic N) is 2. The van der Waals surface area contributed by atoms with Gasteiger partial charge in [0.2, 0.25) is 0 Å². The fourth-order valence-electron chi connectivity index (χ4n) is 4.33. The molecule has 0 unspecified atom stereocenters. The van der Waals surface area contributed by atoms with Gasteiger partial charge < -0.3 is 19.5 Å². The van der Waals surface area contributed by atoms with Crippen molar-refractivity contribution in [3.05, 3.63) is 70.0 Å². The highest BCUT2D eigenvalue weighted by Gasteiger charge is 2.46. The smallest absolute Gasteiger partial charge is 0.295 e. The van der Waals surface area contributed by atoms with Gasteiger partial charge in [0.15, 0.2) is 11.6 Å². The molecule has 186 valence electrons. The summed E-state index contributed by atoms with van der Waals surface area (Å²) in [4.78, 5) is 29.8. The van der Waals surface area contributed by atoms with E-state index < -0.39 is 29.3 Å². The molecule has 2 aromatic carbocycles. The lowest BCUT2D eigenvalue weighted by Gasteiger charge is -2.31. The molecule has 2 fully saturated rings. The van der Waals surface area contributed by atoms with Crippen molar-refractivity contribution in [3.63, 3.8) is 0 Å². The number of carbonyl (C=O) groups is 2. The molecule has 0 spiro atoms. The monoisotopic (exact) mass is 502 g/mol. The number of hydrogen-bond donors (Lipinski definition) is 1. The molecule has 2 saturated heterocycles. The van der Waals surface area contributed by atoms with Gasteiger partial charge in [-0.25, -0.2) is 4.39 Å². The number of amides is 1. The van der Waals surface area contributed by atoms with Gasteiger partial charge in [-0.2, -0.15) is 0 Å². The van der Waals surface area contributed by atoms with Crippen LogP contribution in [0.15, 0.2) is 48.0 Å². The maximum absolute atomic E-state index is 14.6. The summed E-state index contributed by atoms with van der Waals surface area (Å²) in [6, 6.07) is 9.90. The Balaban J connectivity index is 1.72. The van der Waals surface area contributed by atoms with Crippen LogP contribution >= 0.6 is 11.6 Å². The van der Waals surface area contributed by atoms with E-state index in [0.29, 0.717) is 30.3 Å². The minimum Gasteiger partial charge on any atom is -0.507 e. The minimum atomic E-state index is -0.831. The Kier molecular flexibility index (Phi) is 7.74. The maximum Gasteiger partial charge on any atom is 0.295 e. The second-order valence-corrected chi connectivity index (χ2v) is 9.25. The number of carbonyl (C=O) groups excluding carboxylic acids is 2. The van der Waals surface area contributed by atoms with E-state index in [9.17, 15) is 19.1 Å². The summed E-state index contributed by atoms with van der Waals surface area (Å²) < 4.78 is 25.5. The lowest BCUT2D eigenvalue weighted by atomic mass is 9.95. The van der Waals surface area contributed by atoms with Gasteiger partial charge in [0.1, 0.15) is 5.76 Å². The van der Waals surface area contributed by atoms with Gasteiger partial charge >= 0.3 is 0 Å². The molecule has 0 aliphatic carbocycles. The predicted octanol–water partition coefficient (Wildman–Crippen LogP) is 4.02. The van der Waals surface area contributed by atoms with Crippen LogP contribution < -0.4 is 4.74 Å². The van der Waals surface area contributed by atoms with E-state index in [2.05, 4.69) is 4.90 Å². The summed E-state index contributed by atoms with van der Waals surface area (Å²) >= 11 is 6.06. The predicted molar refractivity (Wildman–Crippen MR) is 130 cm³/mol. The van der Waals surface area contributed by atoms with Crippen LogP contribution in [0.2, 0.25) is 5.02 Å². The number of benzene rings is 2. The third-order valence-corrected chi connectivity index (χ3v) is 6.31. The number of aliphatic hydroxyl groups is 1. The Morgan fingerprint density at radius 3 is 2.46 bits per heavy atom. The molecule has 9 heteroatoms. The first kappa shape index (κ1) is 25.2. The number of Topliss-reactive ketones (excluding diaryl/α,β-unsaturated/α-hetero) is 1. The number of rotatable bonds is 7. The molecule has 1 atom stereocenters. The van der Waals surface area contributed by atoms with E-state index in [1.165, 1.54) is 17.0 Å². The van der Waals surface area contributed by atoms with Crippen molar-refractivity contribution in [1.82, 2.24) is 9.80 Å². The maximum atomic E-state index is 14.6. The van der Waals surface area contributed by atoms with E-state index in [0.717, 1.165) is 19.2 Å². The van der Waals surface area contributed by atoms with Crippen molar-refractivity contribution in [2.75, 3.05) is 39.4 Å². The zero-order chi connectivity index (χ0) is 25.1. The van der Waals surface area contributed by atoms with E-state index >= 15 is 0 Å². The van der Waals surface area contributed by atoms with Gasteiger partial charge in [0.05, 0.1) is 30.9 Å². The SMILES string of the molecule is CC(C)Oc1ccc(C(O)=C2C(=O)C(=O)N(CCN3CCOCC3)[C@@H]2c2ccc(Cl)cc2)cc1F. The normalized spacial score (nSPS) is 20.6. The Morgan fingerprint density at radius 2 is 1.83 bits per heavy atom. The molecule has 1 N–H and O–H groups in total. The van der Waals surface area contributed by atoms with Crippen LogP contribution in [-0.4, -0.2) is 72.1 Å². The molecule has 0 aromatic heterocycles. The van der Waals surface area contributed by atoms with Crippen LogP contribution in [0, 0.1) is 5.82 Å².